The highest BCUT2D eigenvalue weighted by molar-refractivity contribution is 7.92. The van der Waals surface area contributed by atoms with Crippen LogP contribution in [0.25, 0.3) is 0 Å². The first-order valence-electron chi connectivity index (χ1n) is 10.1. The summed E-state index contributed by atoms with van der Waals surface area (Å²) in [6.07, 6.45) is 1.07. The number of rotatable bonds is 8. The van der Waals surface area contributed by atoms with E-state index in [-0.39, 0.29) is 12.5 Å². The number of hydrogen-bond donors (Lipinski definition) is 1. The van der Waals surface area contributed by atoms with Crippen molar-refractivity contribution in [1.82, 2.24) is 10.2 Å². The van der Waals surface area contributed by atoms with Crippen molar-refractivity contribution >= 4 is 27.5 Å². The van der Waals surface area contributed by atoms with Crippen LogP contribution in [-0.2, 0) is 26.2 Å². The molecule has 0 bridgehead atoms. The van der Waals surface area contributed by atoms with E-state index >= 15 is 0 Å². The number of carbonyl (C=O) groups excluding carboxylic acids is 2. The van der Waals surface area contributed by atoms with Gasteiger partial charge in [0.05, 0.1) is 11.9 Å². The minimum Gasteiger partial charge on any atom is -0.357 e. The largest absolute Gasteiger partial charge is 0.357 e. The Morgan fingerprint density at radius 3 is 2.13 bits per heavy atom. The first kappa shape index (κ1) is 24.4. The second kappa shape index (κ2) is 9.96. The maximum atomic E-state index is 13.3. The van der Waals surface area contributed by atoms with E-state index in [9.17, 15) is 18.0 Å². The lowest BCUT2D eigenvalue weighted by Gasteiger charge is -2.31. The average molecular weight is 446 g/mol. The number of sulfonamides is 1. The van der Waals surface area contributed by atoms with Gasteiger partial charge in [-0.15, -0.1) is 0 Å². The molecule has 0 aliphatic carbocycles. The fourth-order valence-electron chi connectivity index (χ4n) is 3.18. The fourth-order valence-corrected chi connectivity index (χ4v) is 4.02. The maximum absolute atomic E-state index is 13.3. The molecule has 0 spiro atoms. The summed E-state index contributed by atoms with van der Waals surface area (Å²) in [5.74, 6) is -0.780. The Morgan fingerprint density at radius 2 is 1.61 bits per heavy atom. The molecule has 0 aliphatic heterocycles. The van der Waals surface area contributed by atoms with Gasteiger partial charge in [0.1, 0.15) is 12.6 Å². The van der Waals surface area contributed by atoms with Gasteiger partial charge in [-0.25, -0.2) is 8.42 Å². The quantitative estimate of drug-likeness (QED) is 0.677. The predicted molar refractivity (Wildman–Crippen MR) is 123 cm³/mol. The molecule has 2 rings (SSSR count). The Kier molecular flexibility index (Phi) is 7.84. The van der Waals surface area contributed by atoms with Crippen molar-refractivity contribution in [2.24, 2.45) is 0 Å². The second-order valence-corrected chi connectivity index (χ2v) is 9.74. The van der Waals surface area contributed by atoms with Crippen LogP contribution in [0.5, 0.6) is 0 Å². The van der Waals surface area contributed by atoms with Gasteiger partial charge >= 0.3 is 0 Å². The lowest BCUT2D eigenvalue weighted by molar-refractivity contribution is -0.139. The number of aryl methyl sites for hydroxylation is 3. The van der Waals surface area contributed by atoms with E-state index < -0.39 is 28.5 Å². The van der Waals surface area contributed by atoms with Gasteiger partial charge in [0.2, 0.25) is 21.8 Å². The zero-order chi connectivity index (χ0) is 23.3. The topological polar surface area (TPSA) is 86.8 Å². The van der Waals surface area contributed by atoms with Gasteiger partial charge in [0.25, 0.3) is 0 Å². The van der Waals surface area contributed by atoms with Crippen LogP contribution < -0.4 is 9.62 Å². The molecule has 2 aromatic rings. The van der Waals surface area contributed by atoms with Crippen molar-refractivity contribution < 1.29 is 18.0 Å². The summed E-state index contributed by atoms with van der Waals surface area (Å²) in [6.45, 7) is 7.22. The minimum absolute atomic E-state index is 0.193. The molecule has 1 atom stereocenters. The molecule has 0 saturated carbocycles. The summed E-state index contributed by atoms with van der Waals surface area (Å²) >= 11 is 0. The number of likely N-dealkylation sites (N-methyl/N-ethyl adjacent to an activating group) is 1. The second-order valence-electron chi connectivity index (χ2n) is 7.84. The molecule has 0 heterocycles. The summed E-state index contributed by atoms with van der Waals surface area (Å²) in [7, 11) is -2.22. The van der Waals surface area contributed by atoms with E-state index in [2.05, 4.69) is 5.32 Å². The van der Waals surface area contributed by atoms with E-state index in [1.807, 2.05) is 51.1 Å². The number of hydrogen-bond acceptors (Lipinski definition) is 4. The van der Waals surface area contributed by atoms with Gasteiger partial charge in [0, 0.05) is 13.6 Å². The van der Waals surface area contributed by atoms with Crippen LogP contribution in [0.15, 0.2) is 42.5 Å². The molecule has 0 aromatic heterocycles. The van der Waals surface area contributed by atoms with Crippen LogP contribution in [-0.4, -0.2) is 51.0 Å². The Morgan fingerprint density at radius 1 is 1.00 bits per heavy atom. The van der Waals surface area contributed by atoms with E-state index in [0.29, 0.717) is 5.69 Å². The Hall–Kier alpha value is -2.87. The molecular weight excluding hydrogens is 414 g/mol. The molecule has 0 fully saturated rings. The Labute approximate surface area is 185 Å². The summed E-state index contributed by atoms with van der Waals surface area (Å²) < 4.78 is 26.1. The summed E-state index contributed by atoms with van der Waals surface area (Å²) in [4.78, 5) is 27.0. The molecule has 1 N–H and O–H groups in total. The van der Waals surface area contributed by atoms with Gasteiger partial charge < -0.3 is 10.2 Å². The van der Waals surface area contributed by atoms with E-state index in [0.717, 1.165) is 32.8 Å². The Balaban J connectivity index is 2.39. The van der Waals surface area contributed by atoms with Crippen LogP contribution in [0.3, 0.4) is 0 Å². The van der Waals surface area contributed by atoms with Gasteiger partial charge in [-0.2, -0.15) is 0 Å². The van der Waals surface area contributed by atoms with Crippen LogP contribution in [0.2, 0.25) is 0 Å². The molecular formula is C23H31N3O4S. The van der Waals surface area contributed by atoms with Crippen molar-refractivity contribution in [3.8, 4) is 0 Å². The van der Waals surface area contributed by atoms with Crippen molar-refractivity contribution in [2.45, 2.75) is 40.3 Å². The molecule has 0 radical (unpaired) electrons. The minimum atomic E-state index is -3.72. The summed E-state index contributed by atoms with van der Waals surface area (Å²) in [5, 5.41) is 2.56. The molecule has 168 valence electrons. The van der Waals surface area contributed by atoms with Crippen LogP contribution in [0.4, 0.5) is 5.69 Å². The normalized spacial score (nSPS) is 12.2. The first-order chi connectivity index (χ1) is 14.4. The van der Waals surface area contributed by atoms with Gasteiger partial charge in [-0.3, -0.25) is 13.9 Å². The van der Waals surface area contributed by atoms with E-state index in [1.165, 1.54) is 11.9 Å². The third-order valence-corrected chi connectivity index (χ3v) is 6.49. The standard InChI is InChI=1S/C23H31N3O4S/c1-16-7-10-20(11-8-16)14-25(19(4)23(28)24-5)22(27)15-26(31(6,29)30)21-12-9-17(2)18(3)13-21/h7-13,19H,14-15H2,1-6H3,(H,24,28)/t19-/m1/s1. The maximum Gasteiger partial charge on any atom is 0.244 e. The first-order valence-corrected chi connectivity index (χ1v) is 11.9. The molecule has 0 saturated heterocycles. The van der Waals surface area contributed by atoms with E-state index in [1.54, 1.807) is 19.1 Å². The highest BCUT2D eigenvalue weighted by Crippen LogP contribution is 2.22. The fraction of sp³-hybridized carbons (Fsp3) is 0.391. The predicted octanol–water partition coefficient (Wildman–Crippen LogP) is 2.54. The molecule has 0 aliphatic rings. The SMILES string of the molecule is CNC(=O)[C@@H](C)N(Cc1ccc(C)cc1)C(=O)CN(c1ccc(C)c(C)c1)S(C)(=O)=O. The lowest BCUT2D eigenvalue weighted by atomic mass is 10.1. The lowest BCUT2D eigenvalue weighted by Crippen LogP contribution is -2.50. The summed E-state index contributed by atoms with van der Waals surface area (Å²) in [5.41, 5.74) is 4.30. The number of amides is 2. The van der Waals surface area contributed by atoms with Crippen molar-refractivity contribution in [2.75, 3.05) is 24.2 Å². The number of anilines is 1. The van der Waals surface area contributed by atoms with Gasteiger partial charge in [-0.1, -0.05) is 35.9 Å². The number of carbonyl (C=O) groups is 2. The van der Waals surface area contributed by atoms with Crippen LogP contribution in [0, 0.1) is 20.8 Å². The number of nitrogens with one attached hydrogen (secondary N) is 1. The smallest absolute Gasteiger partial charge is 0.244 e. The third-order valence-electron chi connectivity index (χ3n) is 5.34. The Bertz CT molecular complexity index is 1050. The van der Waals surface area contributed by atoms with Gasteiger partial charge in [-0.05, 0) is 56.5 Å². The van der Waals surface area contributed by atoms with Crippen LogP contribution in [0.1, 0.15) is 29.2 Å². The molecule has 0 unspecified atom stereocenters. The third kappa shape index (κ3) is 6.30. The van der Waals surface area contributed by atoms with Gasteiger partial charge in [0.15, 0.2) is 0 Å². The van der Waals surface area contributed by atoms with E-state index in [4.69, 9.17) is 0 Å². The molecule has 2 amide bonds. The van der Waals surface area contributed by atoms with Crippen molar-refractivity contribution in [1.29, 1.82) is 0 Å². The molecule has 8 heteroatoms. The average Bonchev–Trinajstić information content (AvgIpc) is 2.71. The number of benzene rings is 2. The van der Waals surface area contributed by atoms with Crippen molar-refractivity contribution in [3.63, 3.8) is 0 Å². The molecule has 31 heavy (non-hydrogen) atoms. The van der Waals surface area contributed by atoms with Crippen LogP contribution >= 0.6 is 0 Å². The molecule has 2 aromatic carbocycles. The zero-order valence-electron chi connectivity index (χ0n) is 19.0. The molecule has 7 nitrogen and oxygen atoms in total. The number of nitrogens with zero attached hydrogens (tertiary/aromatic N) is 2. The monoisotopic (exact) mass is 445 g/mol. The zero-order valence-corrected chi connectivity index (χ0v) is 19.8. The highest BCUT2D eigenvalue weighted by Gasteiger charge is 2.29. The van der Waals surface area contributed by atoms with Crippen molar-refractivity contribution in [3.05, 3.63) is 64.7 Å². The summed E-state index contributed by atoms with van der Waals surface area (Å²) in [6, 6.07) is 12.1. The highest BCUT2D eigenvalue weighted by atomic mass is 32.2.